The molecule has 0 saturated carbocycles. The van der Waals surface area contributed by atoms with Gasteiger partial charge in [-0.2, -0.15) is 0 Å². The smallest absolute Gasteiger partial charge is 0.348 e. The molecule has 7 heteroatoms. The Labute approximate surface area is 138 Å². The average molecular weight is 335 g/mol. The van der Waals surface area contributed by atoms with Crippen LogP contribution in [0.5, 0.6) is 0 Å². The molecule has 1 saturated heterocycles. The molecular weight excluding hydrogens is 314 g/mol. The van der Waals surface area contributed by atoms with Crippen molar-refractivity contribution in [2.24, 2.45) is 0 Å². The summed E-state index contributed by atoms with van der Waals surface area (Å²) in [6, 6.07) is 0. The fourth-order valence-electron chi connectivity index (χ4n) is 2.88. The van der Waals surface area contributed by atoms with Crippen molar-refractivity contribution in [3.05, 3.63) is 26.6 Å². The first-order chi connectivity index (χ1) is 11.0. The summed E-state index contributed by atoms with van der Waals surface area (Å²) in [5.74, 6) is 0.274. The molecule has 6 nitrogen and oxygen atoms in total. The second-order valence-corrected chi connectivity index (χ2v) is 7.19. The number of hydrogen-bond acceptors (Lipinski definition) is 6. The van der Waals surface area contributed by atoms with E-state index in [4.69, 9.17) is 4.74 Å². The first kappa shape index (κ1) is 16.1. The van der Waals surface area contributed by atoms with Crippen LogP contribution in [0.4, 0.5) is 0 Å². The quantitative estimate of drug-likeness (QED) is 0.869. The summed E-state index contributed by atoms with van der Waals surface area (Å²) in [7, 11) is 0. The van der Waals surface area contributed by atoms with Crippen molar-refractivity contribution in [1.29, 1.82) is 0 Å². The van der Waals surface area contributed by atoms with Gasteiger partial charge in [-0.3, -0.25) is 9.69 Å². The van der Waals surface area contributed by atoms with Crippen LogP contribution in [-0.4, -0.2) is 40.0 Å². The lowest BCUT2D eigenvalue weighted by Gasteiger charge is -2.13. The normalized spacial score (nSPS) is 15.7. The molecule has 23 heavy (non-hydrogen) atoms. The zero-order valence-corrected chi connectivity index (χ0v) is 14.5. The second-order valence-electron chi connectivity index (χ2n) is 6.19. The van der Waals surface area contributed by atoms with E-state index < -0.39 is 0 Å². The second kappa shape index (κ2) is 6.41. The zero-order valence-electron chi connectivity index (χ0n) is 13.6. The maximum Gasteiger partial charge on any atom is 0.348 e. The number of fused-ring (bicyclic) bond motifs is 1. The van der Waals surface area contributed by atoms with Crippen molar-refractivity contribution >= 4 is 27.5 Å². The van der Waals surface area contributed by atoms with Crippen LogP contribution >= 0.6 is 11.3 Å². The van der Waals surface area contributed by atoms with Crippen molar-refractivity contribution in [2.45, 2.75) is 46.3 Å². The van der Waals surface area contributed by atoms with Crippen LogP contribution in [0, 0.1) is 6.92 Å². The number of hydrogen-bond donors (Lipinski definition) is 1. The molecule has 1 fully saturated rings. The lowest BCUT2D eigenvalue weighted by atomic mass is 10.2. The van der Waals surface area contributed by atoms with Gasteiger partial charge in [0.2, 0.25) is 0 Å². The third-order valence-corrected chi connectivity index (χ3v) is 5.12. The Hall–Kier alpha value is -1.73. The van der Waals surface area contributed by atoms with E-state index in [-0.39, 0.29) is 17.6 Å². The van der Waals surface area contributed by atoms with E-state index in [2.05, 4.69) is 14.9 Å². The molecule has 0 bridgehead atoms. The topological polar surface area (TPSA) is 75.3 Å². The zero-order chi connectivity index (χ0) is 16.6. The van der Waals surface area contributed by atoms with Gasteiger partial charge in [0.25, 0.3) is 5.56 Å². The summed E-state index contributed by atoms with van der Waals surface area (Å²) in [4.78, 5) is 35.3. The molecule has 0 spiro atoms. The highest BCUT2D eigenvalue weighted by molar-refractivity contribution is 7.20. The Morgan fingerprint density at radius 2 is 2.09 bits per heavy atom. The molecule has 0 amide bonds. The van der Waals surface area contributed by atoms with E-state index in [1.54, 1.807) is 20.8 Å². The number of aryl methyl sites for hydroxylation is 1. The number of carbonyl (C=O) groups is 1. The van der Waals surface area contributed by atoms with Gasteiger partial charge < -0.3 is 9.72 Å². The maximum absolute atomic E-state index is 12.4. The molecule has 1 aliphatic rings. The fourth-order valence-corrected chi connectivity index (χ4v) is 3.96. The van der Waals surface area contributed by atoms with Crippen molar-refractivity contribution in [3.8, 4) is 0 Å². The van der Waals surface area contributed by atoms with Crippen molar-refractivity contribution in [1.82, 2.24) is 14.9 Å². The average Bonchev–Trinajstić information content (AvgIpc) is 3.06. The Bertz CT molecular complexity index is 788. The minimum atomic E-state index is -0.388. The maximum atomic E-state index is 12.4. The van der Waals surface area contributed by atoms with Gasteiger partial charge in [-0.25, -0.2) is 9.78 Å². The largest absolute Gasteiger partial charge is 0.459 e. The fraction of sp³-hybridized carbons (Fsp3) is 0.562. The Kier molecular flexibility index (Phi) is 4.50. The number of likely N-dealkylation sites (tertiary alicyclic amines) is 1. The highest BCUT2D eigenvalue weighted by Crippen LogP contribution is 2.28. The Balaban J connectivity index is 1.96. The number of carbonyl (C=O) groups excluding carboxylic acids is 1. The lowest BCUT2D eigenvalue weighted by molar-refractivity contribution is 0.0383. The molecule has 0 unspecified atom stereocenters. The van der Waals surface area contributed by atoms with Crippen LogP contribution < -0.4 is 5.56 Å². The lowest BCUT2D eigenvalue weighted by Crippen LogP contribution is -2.22. The predicted octanol–water partition coefficient (Wildman–Crippen LogP) is 2.45. The molecule has 1 aliphatic heterocycles. The third kappa shape index (κ3) is 3.30. The summed E-state index contributed by atoms with van der Waals surface area (Å²) in [6.07, 6.45) is 2.19. The minimum absolute atomic E-state index is 0.179. The molecule has 0 aromatic carbocycles. The standard InChI is InChI=1S/C16H21N3O3S/c1-9(2)22-16(21)13-10(3)12-14(20)17-11(18-15(12)23-13)8-19-6-4-5-7-19/h9H,4-8H2,1-3H3,(H,17,18,20). The highest BCUT2D eigenvalue weighted by Gasteiger charge is 2.22. The van der Waals surface area contributed by atoms with Gasteiger partial charge in [-0.1, -0.05) is 0 Å². The number of ether oxygens (including phenoxy) is 1. The third-order valence-electron chi connectivity index (χ3n) is 3.95. The molecule has 0 radical (unpaired) electrons. The van der Waals surface area contributed by atoms with Crippen molar-refractivity contribution in [3.63, 3.8) is 0 Å². The summed E-state index contributed by atoms with van der Waals surface area (Å²) >= 11 is 1.24. The predicted molar refractivity (Wildman–Crippen MR) is 90.0 cm³/mol. The van der Waals surface area contributed by atoms with Gasteiger partial charge in [0.15, 0.2) is 0 Å². The first-order valence-corrected chi connectivity index (χ1v) is 8.73. The number of nitrogens with one attached hydrogen (secondary N) is 1. The summed E-state index contributed by atoms with van der Waals surface area (Å²) in [5.41, 5.74) is 0.471. The van der Waals surface area contributed by atoms with Gasteiger partial charge in [0.1, 0.15) is 15.5 Å². The van der Waals surface area contributed by atoms with Crippen LogP contribution in [0.2, 0.25) is 0 Å². The molecule has 124 valence electrons. The van der Waals surface area contributed by atoms with E-state index in [9.17, 15) is 9.59 Å². The number of thiophene rings is 1. The number of rotatable bonds is 4. The van der Waals surface area contributed by atoms with Crippen LogP contribution in [0.1, 0.15) is 47.7 Å². The minimum Gasteiger partial charge on any atom is -0.459 e. The van der Waals surface area contributed by atoms with Crippen molar-refractivity contribution in [2.75, 3.05) is 13.1 Å². The molecule has 0 atom stereocenters. The van der Waals surface area contributed by atoms with Crippen LogP contribution in [0.3, 0.4) is 0 Å². The molecule has 3 heterocycles. The van der Waals surface area contributed by atoms with E-state index in [0.717, 1.165) is 13.1 Å². The monoisotopic (exact) mass is 335 g/mol. The molecule has 0 aliphatic carbocycles. The van der Waals surface area contributed by atoms with Crippen LogP contribution in [-0.2, 0) is 11.3 Å². The van der Waals surface area contributed by atoms with Crippen LogP contribution in [0.25, 0.3) is 10.2 Å². The molecule has 2 aromatic heterocycles. The highest BCUT2D eigenvalue weighted by atomic mass is 32.1. The van der Waals surface area contributed by atoms with Crippen LogP contribution in [0.15, 0.2) is 4.79 Å². The summed E-state index contributed by atoms with van der Waals surface area (Å²) < 4.78 is 5.25. The molecule has 1 N–H and O–H groups in total. The van der Waals surface area contributed by atoms with Gasteiger partial charge in [-0.05, 0) is 52.3 Å². The van der Waals surface area contributed by atoms with Gasteiger partial charge in [-0.15, -0.1) is 11.3 Å². The van der Waals surface area contributed by atoms with E-state index in [1.807, 2.05) is 0 Å². The number of H-pyrrole nitrogens is 1. The Morgan fingerprint density at radius 3 is 2.74 bits per heavy atom. The number of aromatic nitrogens is 2. The molecule has 2 aromatic rings. The number of esters is 1. The van der Waals surface area contributed by atoms with E-state index >= 15 is 0 Å². The Morgan fingerprint density at radius 1 is 1.39 bits per heavy atom. The molecular formula is C16H21N3O3S. The number of aromatic amines is 1. The first-order valence-electron chi connectivity index (χ1n) is 7.91. The van der Waals surface area contributed by atoms with E-state index in [0.29, 0.717) is 33.0 Å². The van der Waals surface area contributed by atoms with Gasteiger partial charge >= 0.3 is 5.97 Å². The molecule has 3 rings (SSSR count). The summed E-state index contributed by atoms with van der Waals surface area (Å²) in [6.45, 7) is 8.11. The number of nitrogens with zero attached hydrogens (tertiary/aromatic N) is 2. The van der Waals surface area contributed by atoms with Crippen molar-refractivity contribution < 1.29 is 9.53 Å². The van der Waals surface area contributed by atoms with Gasteiger partial charge in [0.05, 0.1) is 18.0 Å². The summed E-state index contributed by atoms with van der Waals surface area (Å²) in [5, 5.41) is 0.496. The SMILES string of the molecule is Cc1c(C(=O)OC(C)C)sc2nc(CN3CCCC3)[nH]c(=O)c12. The van der Waals surface area contributed by atoms with Gasteiger partial charge in [0, 0.05) is 0 Å². The van der Waals surface area contributed by atoms with E-state index in [1.165, 1.54) is 24.2 Å².